The predicted molar refractivity (Wildman–Crippen MR) is 69.4 cm³/mol. The third kappa shape index (κ3) is 2.48. The lowest BCUT2D eigenvalue weighted by atomic mass is 10.2. The summed E-state index contributed by atoms with van der Waals surface area (Å²) in [5, 5.41) is 8.10. The fraction of sp³-hybridized carbons (Fsp3) is 0.750. The molecule has 16 heavy (non-hydrogen) atoms. The molecule has 0 aromatic carbocycles. The minimum atomic E-state index is 0.632. The van der Waals surface area contributed by atoms with Gasteiger partial charge in [0.05, 0.1) is 15.9 Å². The first kappa shape index (κ1) is 12.1. The maximum absolute atomic E-state index is 4.50. The van der Waals surface area contributed by atoms with Crippen molar-refractivity contribution >= 4 is 15.9 Å². The molecule has 1 aromatic rings. The van der Waals surface area contributed by atoms with Crippen LogP contribution in [-0.4, -0.2) is 15.8 Å². The maximum atomic E-state index is 4.50. The number of aryl methyl sites for hydroxylation is 2. The third-order valence-corrected chi connectivity index (χ3v) is 4.40. The van der Waals surface area contributed by atoms with Crippen LogP contribution in [0.15, 0.2) is 4.47 Å². The Labute approximate surface area is 106 Å². The smallest absolute Gasteiger partial charge is 0.0739 e. The Hall–Kier alpha value is -0.350. The van der Waals surface area contributed by atoms with Crippen LogP contribution in [0, 0.1) is 12.8 Å². The summed E-state index contributed by atoms with van der Waals surface area (Å²) in [5.41, 5.74) is 2.35. The zero-order chi connectivity index (χ0) is 11.7. The Morgan fingerprint density at radius 1 is 1.56 bits per heavy atom. The Bertz CT molecular complexity index is 369. The first-order valence-electron chi connectivity index (χ1n) is 6.08. The lowest BCUT2D eigenvalue weighted by Crippen LogP contribution is -2.28. The Balaban J connectivity index is 2.01. The van der Waals surface area contributed by atoms with E-state index in [1.807, 2.05) is 6.92 Å². The van der Waals surface area contributed by atoms with Crippen LogP contribution in [-0.2, 0) is 13.1 Å². The van der Waals surface area contributed by atoms with Crippen molar-refractivity contribution in [2.45, 2.75) is 52.7 Å². The molecule has 90 valence electrons. The van der Waals surface area contributed by atoms with Crippen LogP contribution in [0.2, 0.25) is 0 Å². The van der Waals surface area contributed by atoms with E-state index in [1.165, 1.54) is 18.5 Å². The molecular weight excluding hydrogens is 266 g/mol. The van der Waals surface area contributed by atoms with Gasteiger partial charge in [-0.05, 0) is 55.5 Å². The van der Waals surface area contributed by atoms with Crippen molar-refractivity contribution in [3.8, 4) is 0 Å². The molecule has 1 heterocycles. The molecule has 0 bridgehead atoms. The quantitative estimate of drug-likeness (QED) is 0.902. The summed E-state index contributed by atoms with van der Waals surface area (Å²) in [5.74, 6) is 0.901. The minimum absolute atomic E-state index is 0.632. The van der Waals surface area contributed by atoms with E-state index < -0.39 is 0 Å². The number of nitrogens with zero attached hydrogens (tertiary/aromatic N) is 2. The number of nitrogens with one attached hydrogen (secondary N) is 1. The van der Waals surface area contributed by atoms with E-state index in [0.29, 0.717) is 6.04 Å². The van der Waals surface area contributed by atoms with E-state index in [4.69, 9.17) is 0 Å². The van der Waals surface area contributed by atoms with Gasteiger partial charge in [-0.2, -0.15) is 5.10 Å². The fourth-order valence-corrected chi connectivity index (χ4v) is 2.48. The summed E-state index contributed by atoms with van der Waals surface area (Å²) < 4.78 is 3.23. The molecule has 1 aliphatic rings. The summed E-state index contributed by atoms with van der Waals surface area (Å²) in [4.78, 5) is 0. The van der Waals surface area contributed by atoms with Gasteiger partial charge in [-0.15, -0.1) is 0 Å². The molecule has 1 fully saturated rings. The topological polar surface area (TPSA) is 29.9 Å². The Kier molecular flexibility index (Phi) is 3.70. The molecule has 4 heteroatoms. The van der Waals surface area contributed by atoms with E-state index in [0.717, 1.165) is 29.2 Å². The lowest BCUT2D eigenvalue weighted by molar-refractivity contribution is 0.476. The van der Waals surface area contributed by atoms with Crippen molar-refractivity contribution in [2.75, 3.05) is 0 Å². The number of halogens is 1. The number of aromatic nitrogens is 2. The molecule has 1 saturated carbocycles. The normalized spacial score (nSPS) is 17.8. The van der Waals surface area contributed by atoms with Crippen LogP contribution < -0.4 is 5.32 Å². The van der Waals surface area contributed by atoms with Crippen LogP contribution in [0.5, 0.6) is 0 Å². The van der Waals surface area contributed by atoms with Gasteiger partial charge in [0, 0.05) is 19.1 Å². The van der Waals surface area contributed by atoms with Crippen molar-refractivity contribution in [2.24, 2.45) is 5.92 Å². The Morgan fingerprint density at radius 2 is 2.25 bits per heavy atom. The van der Waals surface area contributed by atoms with Gasteiger partial charge < -0.3 is 5.32 Å². The molecule has 0 spiro atoms. The molecule has 1 N–H and O–H groups in total. The lowest BCUT2D eigenvalue weighted by Gasteiger charge is -2.13. The van der Waals surface area contributed by atoms with Gasteiger partial charge in [-0.3, -0.25) is 4.68 Å². The van der Waals surface area contributed by atoms with Crippen LogP contribution in [0.3, 0.4) is 0 Å². The van der Waals surface area contributed by atoms with Gasteiger partial charge >= 0.3 is 0 Å². The standard InChI is InChI=1S/C12H20BrN3/c1-4-16-11(12(13)9(3)15-16)7-14-8(2)10-5-6-10/h8,10,14H,4-7H2,1-3H3. The number of rotatable bonds is 5. The molecule has 1 aliphatic carbocycles. The molecule has 0 amide bonds. The van der Waals surface area contributed by atoms with Gasteiger partial charge in [0.1, 0.15) is 0 Å². The molecule has 1 atom stereocenters. The average Bonchev–Trinajstić information content (AvgIpc) is 3.06. The van der Waals surface area contributed by atoms with Crippen molar-refractivity contribution in [3.63, 3.8) is 0 Å². The molecular formula is C12H20BrN3. The van der Waals surface area contributed by atoms with E-state index >= 15 is 0 Å². The van der Waals surface area contributed by atoms with E-state index in [1.54, 1.807) is 0 Å². The minimum Gasteiger partial charge on any atom is -0.308 e. The fourth-order valence-electron chi connectivity index (χ4n) is 2.06. The van der Waals surface area contributed by atoms with Gasteiger partial charge in [-0.25, -0.2) is 0 Å². The van der Waals surface area contributed by atoms with Crippen molar-refractivity contribution in [1.82, 2.24) is 15.1 Å². The highest BCUT2D eigenvalue weighted by Gasteiger charge is 2.27. The number of hydrogen-bond donors (Lipinski definition) is 1. The maximum Gasteiger partial charge on any atom is 0.0739 e. The summed E-state index contributed by atoms with van der Waals surface area (Å²) in [7, 11) is 0. The van der Waals surface area contributed by atoms with Crippen LogP contribution >= 0.6 is 15.9 Å². The SMILES string of the molecule is CCn1nc(C)c(Br)c1CNC(C)C1CC1. The number of hydrogen-bond acceptors (Lipinski definition) is 2. The first-order valence-corrected chi connectivity index (χ1v) is 6.88. The van der Waals surface area contributed by atoms with Crippen LogP contribution in [0.4, 0.5) is 0 Å². The van der Waals surface area contributed by atoms with Gasteiger partial charge in [0.25, 0.3) is 0 Å². The predicted octanol–water partition coefficient (Wildman–Crippen LogP) is 2.86. The van der Waals surface area contributed by atoms with Crippen molar-refractivity contribution in [1.29, 1.82) is 0 Å². The van der Waals surface area contributed by atoms with Gasteiger partial charge in [0.2, 0.25) is 0 Å². The highest BCUT2D eigenvalue weighted by atomic mass is 79.9. The first-order chi connectivity index (χ1) is 7.63. The highest BCUT2D eigenvalue weighted by molar-refractivity contribution is 9.10. The van der Waals surface area contributed by atoms with Gasteiger partial charge in [-0.1, -0.05) is 0 Å². The van der Waals surface area contributed by atoms with E-state index in [2.05, 4.69) is 44.9 Å². The third-order valence-electron chi connectivity index (χ3n) is 3.37. The van der Waals surface area contributed by atoms with Gasteiger partial charge in [0.15, 0.2) is 0 Å². The second-order valence-electron chi connectivity index (χ2n) is 4.67. The summed E-state index contributed by atoms with van der Waals surface area (Å²) in [6.45, 7) is 8.30. The second kappa shape index (κ2) is 4.88. The molecule has 0 radical (unpaired) electrons. The van der Waals surface area contributed by atoms with Crippen molar-refractivity contribution < 1.29 is 0 Å². The molecule has 1 aromatic heterocycles. The van der Waals surface area contributed by atoms with E-state index in [9.17, 15) is 0 Å². The van der Waals surface area contributed by atoms with Crippen LogP contribution in [0.1, 0.15) is 38.1 Å². The summed E-state index contributed by atoms with van der Waals surface area (Å²) in [6, 6.07) is 0.632. The summed E-state index contributed by atoms with van der Waals surface area (Å²) >= 11 is 3.62. The zero-order valence-electron chi connectivity index (χ0n) is 10.3. The molecule has 3 nitrogen and oxygen atoms in total. The summed E-state index contributed by atoms with van der Waals surface area (Å²) in [6.07, 6.45) is 2.78. The molecule has 0 aliphatic heterocycles. The van der Waals surface area contributed by atoms with Crippen LogP contribution in [0.25, 0.3) is 0 Å². The Morgan fingerprint density at radius 3 is 2.81 bits per heavy atom. The molecule has 2 rings (SSSR count). The highest BCUT2D eigenvalue weighted by Crippen LogP contribution is 2.32. The average molecular weight is 286 g/mol. The second-order valence-corrected chi connectivity index (χ2v) is 5.46. The zero-order valence-corrected chi connectivity index (χ0v) is 11.8. The largest absolute Gasteiger partial charge is 0.308 e. The monoisotopic (exact) mass is 285 g/mol. The molecule has 1 unspecified atom stereocenters. The molecule has 0 saturated heterocycles. The van der Waals surface area contributed by atoms with E-state index in [-0.39, 0.29) is 0 Å². The van der Waals surface area contributed by atoms with Crippen molar-refractivity contribution in [3.05, 3.63) is 15.9 Å².